The molecule has 0 fully saturated rings. The van der Waals surface area contributed by atoms with Crippen LogP contribution in [-0.4, -0.2) is 30.0 Å². The van der Waals surface area contributed by atoms with Crippen molar-refractivity contribution in [2.45, 2.75) is 13.5 Å². The van der Waals surface area contributed by atoms with Gasteiger partial charge in [-0.3, -0.25) is 0 Å². The maximum Gasteiger partial charge on any atom is 0.0518 e. The molecule has 3 heteroatoms. The molecule has 0 aliphatic carbocycles. The Labute approximate surface area is 113 Å². The normalized spacial score (nSPS) is 11.9. The van der Waals surface area contributed by atoms with E-state index in [-0.39, 0.29) is 13.2 Å². The SMILES string of the molecule is CC(CO)(CO)CNCc1cccc2ccccc12. The van der Waals surface area contributed by atoms with Gasteiger partial charge in [-0.15, -0.1) is 0 Å². The van der Waals surface area contributed by atoms with Crippen molar-refractivity contribution in [3.8, 4) is 0 Å². The van der Waals surface area contributed by atoms with Crippen LogP contribution in [0.5, 0.6) is 0 Å². The summed E-state index contributed by atoms with van der Waals surface area (Å²) in [5, 5.41) is 24.3. The lowest BCUT2D eigenvalue weighted by Crippen LogP contribution is -2.37. The third-order valence-electron chi connectivity index (χ3n) is 3.51. The molecule has 0 saturated heterocycles. The molecule has 0 saturated carbocycles. The minimum Gasteiger partial charge on any atom is -0.396 e. The number of nitrogens with one attached hydrogen (secondary N) is 1. The van der Waals surface area contributed by atoms with E-state index in [1.54, 1.807) is 0 Å². The molecule has 0 spiro atoms. The van der Waals surface area contributed by atoms with E-state index < -0.39 is 5.41 Å². The molecular weight excluding hydrogens is 238 g/mol. The summed E-state index contributed by atoms with van der Waals surface area (Å²) in [4.78, 5) is 0. The minimum atomic E-state index is -0.468. The fraction of sp³-hybridized carbons (Fsp3) is 0.375. The van der Waals surface area contributed by atoms with Crippen LogP contribution >= 0.6 is 0 Å². The number of rotatable bonds is 6. The summed E-state index contributed by atoms with van der Waals surface area (Å²) in [6.07, 6.45) is 0. The van der Waals surface area contributed by atoms with Gasteiger partial charge in [-0.1, -0.05) is 49.4 Å². The first-order chi connectivity index (χ1) is 9.18. The lowest BCUT2D eigenvalue weighted by atomic mass is 9.93. The Morgan fingerprint density at radius 3 is 2.42 bits per heavy atom. The Morgan fingerprint density at radius 1 is 1.00 bits per heavy atom. The molecule has 102 valence electrons. The second-order valence-corrected chi connectivity index (χ2v) is 5.37. The van der Waals surface area contributed by atoms with Crippen LogP contribution in [0.15, 0.2) is 42.5 Å². The van der Waals surface area contributed by atoms with Crippen molar-refractivity contribution < 1.29 is 10.2 Å². The van der Waals surface area contributed by atoms with Crippen molar-refractivity contribution in [1.29, 1.82) is 0 Å². The molecule has 0 aromatic heterocycles. The summed E-state index contributed by atoms with van der Waals surface area (Å²) in [5.74, 6) is 0. The van der Waals surface area contributed by atoms with E-state index in [1.807, 2.05) is 19.1 Å². The molecule has 2 aromatic rings. The van der Waals surface area contributed by atoms with Crippen molar-refractivity contribution in [3.05, 3.63) is 48.0 Å². The van der Waals surface area contributed by atoms with Crippen LogP contribution in [0.4, 0.5) is 0 Å². The van der Waals surface area contributed by atoms with Gasteiger partial charge in [-0.2, -0.15) is 0 Å². The van der Waals surface area contributed by atoms with Gasteiger partial charge in [0.05, 0.1) is 13.2 Å². The Balaban J connectivity index is 2.06. The smallest absolute Gasteiger partial charge is 0.0518 e. The largest absolute Gasteiger partial charge is 0.396 e. The Hall–Kier alpha value is -1.42. The molecule has 3 nitrogen and oxygen atoms in total. The number of hydrogen-bond acceptors (Lipinski definition) is 3. The van der Waals surface area contributed by atoms with Crippen molar-refractivity contribution >= 4 is 10.8 Å². The van der Waals surface area contributed by atoms with Gasteiger partial charge in [0.1, 0.15) is 0 Å². The van der Waals surface area contributed by atoms with E-state index in [2.05, 4.69) is 35.6 Å². The zero-order chi connectivity index (χ0) is 13.7. The Morgan fingerprint density at radius 2 is 1.68 bits per heavy atom. The van der Waals surface area contributed by atoms with Gasteiger partial charge in [0.2, 0.25) is 0 Å². The molecule has 0 bridgehead atoms. The van der Waals surface area contributed by atoms with Crippen LogP contribution in [0, 0.1) is 5.41 Å². The highest BCUT2D eigenvalue weighted by atomic mass is 16.3. The highest BCUT2D eigenvalue weighted by Gasteiger charge is 2.21. The molecule has 3 N–H and O–H groups in total. The fourth-order valence-corrected chi connectivity index (χ4v) is 2.11. The van der Waals surface area contributed by atoms with Gasteiger partial charge in [0.25, 0.3) is 0 Å². The summed E-state index contributed by atoms with van der Waals surface area (Å²) in [6, 6.07) is 14.5. The van der Waals surface area contributed by atoms with E-state index in [0.717, 1.165) is 6.54 Å². The lowest BCUT2D eigenvalue weighted by Gasteiger charge is -2.25. The van der Waals surface area contributed by atoms with E-state index in [1.165, 1.54) is 16.3 Å². The highest BCUT2D eigenvalue weighted by Crippen LogP contribution is 2.19. The van der Waals surface area contributed by atoms with Gasteiger partial charge in [-0.05, 0) is 16.3 Å². The summed E-state index contributed by atoms with van der Waals surface area (Å²) in [6.45, 7) is 3.14. The molecule has 0 atom stereocenters. The summed E-state index contributed by atoms with van der Waals surface area (Å²) in [5.41, 5.74) is 0.765. The Bertz CT molecular complexity index is 530. The van der Waals surface area contributed by atoms with Crippen LogP contribution in [0.25, 0.3) is 10.8 Å². The lowest BCUT2D eigenvalue weighted by molar-refractivity contribution is 0.0695. The van der Waals surface area contributed by atoms with E-state index in [0.29, 0.717) is 6.54 Å². The molecule has 0 radical (unpaired) electrons. The highest BCUT2D eigenvalue weighted by molar-refractivity contribution is 5.85. The molecule has 0 amide bonds. The third kappa shape index (κ3) is 3.32. The zero-order valence-corrected chi connectivity index (χ0v) is 11.3. The molecule has 2 rings (SSSR count). The number of fused-ring (bicyclic) bond motifs is 1. The quantitative estimate of drug-likeness (QED) is 0.743. The summed E-state index contributed by atoms with van der Waals surface area (Å²) < 4.78 is 0. The van der Waals surface area contributed by atoms with E-state index in [4.69, 9.17) is 0 Å². The predicted molar refractivity (Wildman–Crippen MR) is 77.9 cm³/mol. The van der Waals surface area contributed by atoms with Crippen LogP contribution in [-0.2, 0) is 6.54 Å². The molecule has 2 aromatic carbocycles. The second-order valence-electron chi connectivity index (χ2n) is 5.37. The predicted octanol–water partition coefficient (Wildman–Crippen LogP) is 1.92. The minimum absolute atomic E-state index is 0.0218. The van der Waals surface area contributed by atoms with E-state index in [9.17, 15) is 10.2 Å². The zero-order valence-electron chi connectivity index (χ0n) is 11.3. The monoisotopic (exact) mass is 259 g/mol. The van der Waals surface area contributed by atoms with Crippen LogP contribution < -0.4 is 5.32 Å². The Kier molecular flexibility index (Phi) is 4.53. The van der Waals surface area contributed by atoms with Gasteiger partial charge in [0.15, 0.2) is 0 Å². The van der Waals surface area contributed by atoms with Crippen molar-refractivity contribution in [2.75, 3.05) is 19.8 Å². The average molecular weight is 259 g/mol. The molecule has 0 aliphatic heterocycles. The third-order valence-corrected chi connectivity index (χ3v) is 3.51. The van der Waals surface area contributed by atoms with Crippen molar-refractivity contribution in [1.82, 2.24) is 5.32 Å². The van der Waals surface area contributed by atoms with Crippen molar-refractivity contribution in [2.24, 2.45) is 5.41 Å². The van der Waals surface area contributed by atoms with Gasteiger partial charge < -0.3 is 15.5 Å². The molecular formula is C16H21NO2. The van der Waals surface area contributed by atoms with Crippen molar-refractivity contribution in [3.63, 3.8) is 0 Å². The topological polar surface area (TPSA) is 52.5 Å². The molecule has 19 heavy (non-hydrogen) atoms. The number of aliphatic hydroxyl groups is 2. The van der Waals surface area contributed by atoms with Crippen LogP contribution in [0.1, 0.15) is 12.5 Å². The van der Waals surface area contributed by atoms with Crippen LogP contribution in [0.3, 0.4) is 0 Å². The van der Waals surface area contributed by atoms with Crippen LogP contribution in [0.2, 0.25) is 0 Å². The van der Waals surface area contributed by atoms with Gasteiger partial charge in [-0.25, -0.2) is 0 Å². The first-order valence-electron chi connectivity index (χ1n) is 6.58. The molecule has 0 heterocycles. The number of aliphatic hydroxyl groups excluding tert-OH is 2. The maximum atomic E-state index is 9.25. The molecule has 0 unspecified atom stereocenters. The van der Waals surface area contributed by atoms with Gasteiger partial charge in [0, 0.05) is 18.5 Å². The van der Waals surface area contributed by atoms with E-state index >= 15 is 0 Å². The summed E-state index contributed by atoms with van der Waals surface area (Å²) in [7, 11) is 0. The first-order valence-corrected chi connectivity index (χ1v) is 6.58. The number of benzene rings is 2. The molecule has 0 aliphatic rings. The number of hydrogen-bond donors (Lipinski definition) is 3. The summed E-state index contributed by atoms with van der Waals surface area (Å²) >= 11 is 0. The fourth-order valence-electron chi connectivity index (χ4n) is 2.11. The first kappa shape index (κ1) is 14.0. The second kappa shape index (κ2) is 6.15. The van der Waals surface area contributed by atoms with Gasteiger partial charge >= 0.3 is 0 Å². The standard InChI is InChI=1S/C16H21NO2/c1-16(11-18,12-19)10-17-9-14-7-4-6-13-5-2-3-8-15(13)14/h2-8,17-19H,9-12H2,1H3. The maximum absolute atomic E-state index is 9.25. The average Bonchev–Trinajstić information content (AvgIpc) is 2.47.